The molecule has 0 spiro atoms. The summed E-state index contributed by atoms with van der Waals surface area (Å²) in [5.74, 6) is 1.95. The molecule has 0 bridgehead atoms. The molecule has 1 aliphatic rings. The molecule has 3 atom stereocenters. The van der Waals surface area contributed by atoms with Gasteiger partial charge in [0.05, 0.1) is 0 Å². The zero-order chi connectivity index (χ0) is 15.1. The number of nitrogens with one attached hydrogen (secondary N) is 1. The van der Waals surface area contributed by atoms with Crippen LogP contribution < -0.4 is 10.1 Å². The molecular weight excluding hydrogens is 350 g/mol. The van der Waals surface area contributed by atoms with E-state index in [1.165, 1.54) is 19.3 Å². The van der Waals surface area contributed by atoms with Crippen molar-refractivity contribution in [3.8, 4) is 5.75 Å². The third-order valence-electron chi connectivity index (χ3n) is 3.69. The molecule has 1 fully saturated rings. The van der Waals surface area contributed by atoms with E-state index in [1.54, 1.807) is 0 Å². The predicted molar refractivity (Wildman–Crippen MR) is 93.2 cm³/mol. The van der Waals surface area contributed by atoms with E-state index in [1.807, 2.05) is 36.0 Å². The van der Waals surface area contributed by atoms with Gasteiger partial charge in [0.2, 0.25) is 0 Å². The minimum Gasteiger partial charge on any atom is -0.491 e. The fourth-order valence-electron chi connectivity index (χ4n) is 2.67. The van der Waals surface area contributed by atoms with Gasteiger partial charge in [-0.3, -0.25) is 0 Å². The van der Waals surface area contributed by atoms with Crippen molar-refractivity contribution in [1.82, 2.24) is 5.32 Å². The first-order chi connectivity index (χ1) is 10.2. The van der Waals surface area contributed by atoms with Crippen LogP contribution in [0.2, 0.25) is 0 Å². The van der Waals surface area contributed by atoms with E-state index in [-0.39, 0.29) is 0 Å². The summed E-state index contributed by atoms with van der Waals surface area (Å²) in [4.78, 5) is 0. The largest absolute Gasteiger partial charge is 0.491 e. The van der Waals surface area contributed by atoms with E-state index < -0.39 is 6.10 Å². The molecule has 0 aliphatic heterocycles. The van der Waals surface area contributed by atoms with Crippen LogP contribution in [-0.4, -0.2) is 41.4 Å². The molecule has 1 aromatic rings. The van der Waals surface area contributed by atoms with Crippen molar-refractivity contribution in [2.24, 2.45) is 0 Å². The van der Waals surface area contributed by atoms with Gasteiger partial charge in [-0.1, -0.05) is 35.3 Å². The highest BCUT2D eigenvalue weighted by Crippen LogP contribution is 2.29. The maximum atomic E-state index is 10.1. The Hall–Kier alpha value is -0.230. The predicted octanol–water partition coefficient (Wildman–Crippen LogP) is 3.45. The first-order valence-electron chi connectivity index (χ1n) is 7.60. The highest BCUT2D eigenvalue weighted by Gasteiger charge is 2.27. The van der Waals surface area contributed by atoms with Crippen molar-refractivity contribution < 1.29 is 9.84 Å². The number of ether oxygens (including phenoxy) is 1. The minimum absolute atomic E-state index is 0.321. The van der Waals surface area contributed by atoms with Gasteiger partial charge in [0.1, 0.15) is 18.5 Å². The van der Waals surface area contributed by atoms with Crippen LogP contribution in [0.3, 0.4) is 0 Å². The van der Waals surface area contributed by atoms with Gasteiger partial charge in [-0.05, 0) is 36.8 Å². The smallest absolute Gasteiger partial charge is 0.120 e. The van der Waals surface area contributed by atoms with Crippen LogP contribution in [0.1, 0.15) is 26.2 Å². The van der Waals surface area contributed by atoms with Gasteiger partial charge in [-0.25, -0.2) is 0 Å². The number of hydrogen-bond acceptors (Lipinski definition) is 4. The van der Waals surface area contributed by atoms with Gasteiger partial charge in [0.15, 0.2) is 0 Å². The van der Waals surface area contributed by atoms with Crippen LogP contribution in [0.15, 0.2) is 28.7 Å². The van der Waals surface area contributed by atoms with Crippen LogP contribution in [-0.2, 0) is 0 Å². The summed E-state index contributed by atoms with van der Waals surface area (Å²) in [6, 6.07) is 8.22. The van der Waals surface area contributed by atoms with E-state index in [4.69, 9.17) is 4.74 Å². The molecule has 0 saturated heterocycles. The molecule has 0 amide bonds. The fraction of sp³-hybridized carbons (Fsp3) is 0.625. The molecule has 0 aromatic heterocycles. The van der Waals surface area contributed by atoms with Crippen LogP contribution >= 0.6 is 27.7 Å². The minimum atomic E-state index is -0.475. The average molecular weight is 374 g/mol. The molecule has 2 rings (SSSR count). The summed E-state index contributed by atoms with van der Waals surface area (Å²) in [5, 5.41) is 14.3. The van der Waals surface area contributed by atoms with Crippen molar-refractivity contribution >= 4 is 27.7 Å². The number of aliphatic hydroxyl groups is 1. The number of thioether (sulfide) groups is 1. The molecule has 3 nitrogen and oxygen atoms in total. The molecular formula is C16H24BrNO2S. The quantitative estimate of drug-likeness (QED) is 0.731. The van der Waals surface area contributed by atoms with Gasteiger partial charge in [-0.2, -0.15) is 11.8 Å². The third-order valence-corrected chi connectivity index (χ3v) is 5.51. The zero-order valence-electron chi connectivity index (χ0n) is 12.4. The Kier molecular flexibility index (Phi) is 7.37. The highest BCUT2D eigenvalue weighted by molar-refractivity contribution is 9.10. The summed E-state index contributed by atoms with van der Waals surface area (Å²) >= 11 is 5.44. The molecule has 5 heteroatoms. The molecule has 3 unspecified atom stereocenters. The lowest BCUT2D eigenvalue weighted by Gasteiger charge is -2.22. The second-order valence-electron chi connectivity index (χ2n) is 5.36. The maximum absolute atomic E-state index is 10.1. The number of halogens is 1. The second-order valence-corrected chi connectivity index (χ2v) is 7.79. The Balaban J connectivity index is 1.68. The van der Waals surface area contributed by atoms with Gasteiger partial charge in [0.25, 0.3) is 0 Å². The van der Waals surface area contributed by atoms with E-state index in [2.05, 4.69) is 28.2 Å². The first-order valence-corrected chi connectivity index (χ1v) is 9.44. The maximum Gasteiger partial charge on any atom is 0.120 e. The first kappa shape index (κ1) is 17.1. The molecule has 0 radical (unpaired) electrons. The normalized spacial score (nSPS) is 23.2. The Morgan fingerprint density at radius 1 is 1.48 bits per heavy atom. The monoisotopic (exact) mass is 373 g/mol. The SMILES string of the molecule is CCSC1CCCC1NCC(O)COc1cccc(Br)c1. The Labute approximate surface area is 140 Å². The molecule has 1 aromatic carbocycles. The van der Waals surface area contributed by atoms with Gasteiger partial charge >= 0.3 is 0 Å². The standard InChI is InChI=1S/C16H24BrNO2S/c1-2-21-16-8-4-7-15(16)18-10-13(19)11-20-14-6-3-5-12(17)9-14/h3,5-6,9,13,15-16,18-19H,2,4,7-8,10-11H2,1H3. The number of rotatable bonds is 8. The Bertz CT molecular complexity index is 432. The molecule has 1 aliphatic carbocycles. The van der Waals surface area contributed by atoms with Crippen molar-refractivity contribution in [3.05, 3.63) is 28.7 Å². The van der Waals surface area contributed by atoms with Gasteiger partial charge in [-0.15, -0.1) is 0 Å². The van der Waals surface area contributed by atoms with E-state index in [0.717, 1.165) is 16.0 Å². The van der Waals surface area contributed by atoms with Crippen LogP contribution in [0.25, 0.3) is 0 Å². The number of hydrogen-bond donors (Lipinski definition) is 2. The molecule has 1 saturated carbocycles. The van der Waals surface area contributed by atoms with Crippen molar-refractivity contribution in [3.63, 3.8) is 0 Å². The number of aliphatic hydroxyl groups excluding tert-OH is 1. The lowest BCUT2D eigenvalue weighted by atomic mass is 10.2. The fourth-order valence-corrected chi connectivity index (χ4v) is 4.27. The van der Waals surface area contributed by atoms with Crippen molar-refractivity contribution in [2.75, 3.05) is 18.9 Å². The highest BCUT2D eigenvalue weighted by atomic mass is 79.9. The molecule has 21 heavy (non-hydrogen) atoms. The van der Waals surface area contributed by atoms with Gasteiger partial charge in [0, 0.05) is 22.3 Å². The summed E-state index contributed by atoms with van der Waals surface area (Å²) in [6.45, 7) is 3.13. The van der Waals surface area contributed by atoms with Crippen molar-refractivity contribution in [1.29, 1.82) is 0 Å². The second kappa shape index (κ2) is 9.03. The lowest BCUT2D eigenvalue weighted by Crippen LogP contribution is -2.40. The summed E-state index contributed by atoms with van der Waals surface area (Å²) in [6.07, 6.45) is 3.33. The average Bonchev–Trinajstić information content (AvgIpc) is 2.91. The van der Waals surface area contributed by atoms with Crippen LogP contribution in [0.5, 0.6) is 5.75 Å². The lowest BCUT2D eigenvalue weighted by molar-refractivity contribution is 0.104. The Morgan fingerprint density at radius 2 is 2.33 bits per heavy atom. The summed E-state index contributed by atoms with van der Waals surface area (Å²) < 4.78 is 6.60. The zero-order valence-corrected chi connectivity index (χ0v) is 14.8. The van der Waals surface area contributed by atoms with E-state index >= 15 is 0 Å². The topological polar surface area (TPSA) is 41.5 Å². The molecule has 118 valence electrons. The molecule has 2 N–H and O–H groups in total. The Morgan fingerprint density at radius 3 is 3.10 bits per heavy atom. The third kappa shape index (κ3) is 5.81. The van der Waals surface area contributed by atoms with Gasteiger partial charge < -0.3 is 15.2 Å². The van der Waals surface area contributed by atoms with Crippen LogP contribution in [0.4, 0.5) is 0 Å². The molecule has 0 heterocycles. The van der Waals surface area contributed by atoms with E-state index in [9.17, 15) is 5.11 Å². The van der Waals surface area contributed by atoms with E-state index in [0.29, 0.717) is 24.4 Å². The van der Waals surface area contributed by atoms with Crippen molar-refractivity contribution in [2.45, 2.75) is 43.6 Å². The summed E-state index contributed by atoms with van der Waals surface area (Å²) in [5.41, 5.74) is 0. The summed E-state index contributed by atoms with van der Waals surface area (Å²) in [7, 11) is 0. The number of benzene rings is 1. The van der Waals surface area contributed by atoms with Crippen LogP contribution in [0, 0.1) is 0 Å².